The minimum absolute atomic E-state index is 0. The Morgan fingerprint density at radius 2 is 2.25 bits per heavy atom. The molecule has 2 nitrogen and oxygen atoms in total. The van der Waals surface area contributed by atoms with E-state index in [0.29, 0.717) is 6.61 Å². The molecule has 1 N–H and O–H groups in total. The number of benzene rings is 1. The van der Waals surface area contributed by atoms with E-state index >= 15 is 0 Å². The lowest BCUT2D eigenvalue weighted by Crippen LogP contribution is -2.13. The summed E-state index contributed by atoms with van der Waals surface area (Å²) in [6.45, 7) is 4.09. The van der Waals surface area contributed by atoms with Crippen LogP contribution in [0, 0.1) is 12.3 Å². The number of hydrogen-bond acceptors (Lipinski definition) is 2. The lowest BCUT2D eigenvalue weighted by molar-refractivity contribution is 0.365. The fraction of sp³-hybridized carbons (Fsp3) is 0.333. The van der Waals surface area contributed by atoms with Gasteiger partial charge in [-0.2, -0.15) is 0 Å². The molecule has 1 aromatic carbocycles. The average Bonchev–Trinajstić information content (AvgIpc) is 2.25. The van der Waals surface area contributed by atoms with Crippen LogP contribution in [-0.2, 0) is 6.54 Å². The SMILES string of the molecule is C#CCOc1ccc(Br)cc1CNCC.Cl. The number of nitrogens with one attached hydrogen (secondary N) is 1. The molecule has 88 valence electrons. The highest BCUT2D eigenvalue weighted by Gasteiger charge is 2.03. The number of hydrogen-bond donors (Lipinski definition) is 1. The molecule has 0 saturated carbocycles. The van der Waals surface area contributed by atoms with Crippen LogP contribution >= 0.6 is 28.3 Å². The quantitative estimate of drug-likeness (QED) is 0.845. The second kappa shape index (κ2) is 8.46. The van der Waals surface area contributed by atoms with E-state index in [4.69, 9.17) is 11.2 Å². The van der Waals surface area contributed by atoms with Crippen molar-refractivity contribution in [1.29, 1.82) is 0 Å². The molecule has 0 heterocycles. The fourth-order valence-corrected chi connectivity index (χ4v) is 1.61. The van der Waals surface area contributed by atoms with Crippen LogP contribution in [0.3, 0.4) is 0 Å². The molecule has 0 fully saturated rings. The molecular weight excluding hydrogens is 289 g/mol. The van der Waals surface area contributed by atoms with Crippen molar-refractivity contribution in [2.75, 3.05) is 13.2 Å². The maximum Gasteiger partial charge on any atom is 0.148 e. The third kappa shape index (κ3) is 4.89. The largest absolute Gasteiger partial charge is 0.481 e. The summed E-state index contributed by atoms with van der Waals surface area (Å²) >= 11 is 3.43. The van der Waals surface area contributed by atoms with E-state index in [1.807, 2.05) is 18.2 Å². The number of rotatable bonds is 5. The summed E-state index contributed by atoms with van der Waals surface area (Å²) in [6.07, 6.45) is 5.16. The van der Waals surface area contributed by atoms with Gasteiger partial charge in [0.05, 0.1) is 0 Å². The summed E-state index contributed by atoms with van der Waals surface area (Å²) in [5.74, 6) is 3.30. The molecule has 0 spiro atoms. The van der Waals surface area contributed by atoms with Crippen molar-refractivity contribution in [3.05, 3.63) is 28.2 Å². The molecule has 0 aliphatic carbocycles. The van der Waals surface area contributed by atoms with Gasteiger partial charge in [-0.15, -0.1) is 18.8 Å². The highest BCUT2D eigenvalue weighted by Crippen LogP contribution is 2.23. The molecule has 0 unspecified atom stereocenters. The highest BCUT2D eigenvalue weighted by molar-refractivity contribution is 9.10. The first-order chi connectivity index (χ1) is 7.27. The van der Waals surface area contributed by atoms with Gasteiger partial charge in [0.2, 0.25) is 0 Å². The average molecular weight is 305 g/mol. The lowest BCUT2D eigenvalue weighted by Gasteiger charge is -2.10. The summed E-state index contributed by atoms with van der Waals surface area (Å²) in [7, 11) is 0. The van der Waals surface area contributed by atoms with E-state index in [-0.39, 0.29) is 12.4 Å². The van der Waals surface area contributed by atoms with Crippen molar-refractivity contribution in [1.82, 2.24) is 5.32 Å². The number of ether oxygens (including phenoxy) is 1. The van der Waals surface area contributed by atoms with Crippen molar-refractivity contribution in [3.63, 3.8) is 0 Å². The summed E-state index contributed by atoms with van der Waals surface area (Å²) in [6, 6.07) is 5.91. The molecule has 0 bridgehead atoms. The van der Waals surface area contributed by atoms with Crippen molar-refractivity contribution in [2.24, 2.45) is 0 Å². The van der Waals surface area contributed by atoms with E-state index in [9.17, 15) is 0 Å². The summed E-state index contributed by atoms with van der Waals surface area (Å²) in [5.41, 5.74) is 1.11. The Hall–Kier alpha value is -0.690. The van der Waals surface area contributed by atoms with Crippen LogP contribution in [-0.4, -0.2) is 13.2 Å². The Kier molecular flexibility index (Phi) is 8.10. The van der Waals surface area contributed by atoms with Gasteiger partial charge in [-0.1, -0.05) is 28.8 Å². The molecule has 16 heavy (non-hydrogen) atoms. The van der Waals surface area contributed by atoms with Crippen LogP contribution in [0.4, 0.5) is 0 Å². The second-order valence-electron chi connectivity index (χ2n) is 3.03. The van der Waals surface area contributed by atoms with Gasteiger partial charge in [-0.3, -0.25) is 0 Å². The smallest absolute Gasteiger partial charge is 0.148 e. The Morgan fingerprint density at radius 3 is 2.88 bits per heavy atom. The second-order valence-corrected chi connectivity index (χ2v) is 3.94. The van der Waals surface area contributed by atoms with Gasteiger partial charge in [0, 0.05) is 16.6 Å². The standard InChI is InChI=1S/C12H14BrNO.ClH/c1-3-7-15-12-6-5-11(13)8-10(12)9-14-4-2;/h1,5-6,8,14H,4,7,9H2,2H3;1H. The maximum absolute atomic E-state index is 5.44. The first kappa shape index (κ1) is 15.3. The molecule has 0 aliphatic heterocycles. The van der Waals surface area contributed by atoms with Gasteiger partial charge in [0.25, 0.3) is 0 Å². The van der Waals surface area contributed by atoms with Crippen LogP contribution < -0.4 is 10.1 Å². The van der Waals surface area contributed by atoms with Gasteiger partial charge >= 0.3 is 0 Å². The van der Waals surface area contributed by atoms with Gasteiger partial charge in [0.1, 0.15) is 12.4 Å². The minimum Gasteiger partial charge on any atom is -0.481 e. The zero-order chi connectivity index (χ0) is 11.1. The van der Waals surface area contributed by atoms with Crippen LogP contribution in [0.2, 0.25) is 0 Å². The van der Waals surface area contributed by atoms with Gasteiger partial charge in [0.15, 0.2) is 0 Å². The van der Waals surface area contributed by atoms with E-state index in [2.05, 4.69) is 34.1 Å². The molecule has 0 amide bonds. The minimum atomic E-state index is 0. The first-order valence-corrected chi connectivity index (χ1v) is 5.62. The van der Waals surface area contributed by atoms with Crippen LogP contribution in [0.1, 0.15) is 12.5 Å². The van der Waals surface area contributed by atoms with E-state index in [1.54, 1.807) is 0 Å². The molecule has 0 aromatic heterocycles. The summed E-state index contributed by atoms with van der Waals surface area (Å²) < 4.78 is 6.49. The van der Waals surface area contributed by atoms with Gasteiger partial charge in [-0.25, -0.2) is 0 Å². The van der Waals surface area contributed by atoms with Crippen LogP contribution in [0.25, 0.3) is 0 Å². The highest BCUT2D eigenvalue weighted by atomic mass is 79.9. The summed E-state index contributed by atoms with van der Waals surface area (Å²) in [5, 5.41) is 3.26. The molecule has 4 heteroatoms. The van der Waals surface area contributed by atoms with Crippen LogP contribution in [0.5, 0.6) is 5.75 Å². The molecule has 0 aliphatic rings. The molecule has 0 atom stereocenters. The number of terminal acetylenes is 1. The lowest BCUT2D eigenvalue weighted by atomic mass is 10.2. The Balaban J connectivity index is 0.00000225. The molecule has 1 aromatic rings. The predicted molar refractivity (Wildman–Crippen MR) is 73.1 cm³/mol. The van der Waals surface area contributed by atoms with Crippen molar-refractivity contribution in [3.8, 4) is 18.1 Å². The predicted octanol–water partition coefficient (Wildman–Crippen LogP) is 2.99. The maximum atomic E-state index is 5.44. The third-order valence-electron chi connectivity index (χ3n) is 1.90. The molecular formula is C12H15BrClNO. The third-order valence-corrected chi connectivity index (χ3v) is 2.39. The van der Waals surface area contributed by atoms with Crippen molar-refractivity contribution in [2.45, 2.75) is 13.5 Å². The zero-order valence-corrected chi connectivity index (χ0v) is 11.5. The molecule has 0 saturated heterocycles. The van der Waals surface area contributed by atoms with Crippen molar-refractivity contribution >= 4 is 28.3 Å². The number of halogens is 2. The zero-order valence-electron chi connectivity index (χ0n) is 9.13. The molecule has 0 radical (unpaired) electrons. The van der Waals surface area contributed by atoms with Gasteiger partial charge in [-0.05, 0) is 24.7 Å². The van der Waals surface area contributed by atoms with Crippen LogP contribution in [0.15, 0.2) is 22.7 Å². The van der Waals surface area contributed by atoms with Gasteiger partial charge < -0.3 is 10.1 Å². The normalized spacial score (nSPS) is 9.06. The van der Waals surface area contributed by atoms with E-state index < -0.39 is 0 Å². The monoisotopic (exact) mass is 303 g/mol. The van der Waals surface area contributed by atoms with Crippen molar-refractivity contribution < 1.29 is 4.74 Å². The Morgan fingerprint density at radius 1 is 1.50 bits per heavy atom. The fourth-order valence-electron chi connectivity index (χ4n) is 1.21. The van der Waals surface area contributed by atoms with E-state index in [1.165, 1.54) is 0 Å². The topological polar surface area (TPSA) is 21.3 Å². The summed E-state index contributed by atoms with van der Waals surface area (Å²) in [4.78, 5) is 0. The van der Waals surface area contributed by atoms with E-state index in [0.717, 1.165) is 28.9 Å². The molecule has 1 rings (SSSR count). The Bertz CT molecular complexity index is 363. The first-order valence-electron chi connectivity index (χ1n) is 4.83. The Labute approximate surface area is 111 Å².